The molecular weight excluding hydrogens is 492 g/mol. The Balaban J connectivity index is 1.87. The quantitative estimate of drug-likeness (QED) is 0.356. The van der Waals surface area contributed by atoms with Gasteiger partial charge >= 0.3 is 0 Å². The monoisotopic (exact) mass is 531 g/mol. The van der Waals surface area contributed by atoms with E-state index in [9.17, 15) is 28.6 Å². The molecule has 1 aliphatic heterocycles. The summed E-state index contributed by atoms with van der Waals surface area (Å²) in [6.07, 6.45) is 0.675. The van der Waals surface area contributed by atoms with E-state index < -0.39 is 41.8 Å². The van der Waals surface area contributed by atoms with E-state index >= 15 is 0 Å². The maximum atomic E-state index is 13.9. The lowest BCUT2D eigenvalue weighted by molar-refractivity contribution is 0.0339. The number of aliphatic hydroxyl groups excluding tert-OH is 2. The number of hydrogen-bond acceptors (Lipinski definition) is 5. The van der Waals surface area contributed by atoms with Crippen molar-refractivity contribution >= 4 is 11.8 Å². The molecule has 1 saturated heterocycles. The highest BCUT2D eigenvalue weighted by atomic mass is 19.1. The molecule has 4 N–H and O–H groups in total. The number of rotatable bonds is 11. The van der Waals surface area contributed by atoms with Crippen LogP contribution in [0.5, 0.6) is 0 Å². The fraction of sp³-hybridized carbons (Fsp3) is 0.517. The number of hydrogen-bond donors (Lipinski definition) is 4. The van der Waals surface area contributed by atoms with Gasteiger partial charge in [-0.2, -0.15) is 0 Å². The summed E-state index contributed by atoms with van der Waals surface area (Å²) in [7, 11) is 0. The molecule has 9 heteroatoms. The molecule has 1 aliphatic rings. The lowest BCUT2D eigenvalue weighted by Crippen LogP contribution is -2.56. The Morgan fingerprint density at radius 3 is 2.29 bits per heavy atom. The molecule has 3 rings (SSSR count). The van der Waals surface area contributed by atoms with Crippen molar-refractivity contribution in [1.29, 1.82) is 0 Å². The normalized spacial score (nSPS) is 19.0. The van der Waals surface area contributed by atoms with E-state index in [1.54, 1.807) is 24.0 Å². The van der Waals surface area contributed by atoms with E-state index in [2.05, 4.69) is 10.6 Å². The van der Waals surface area contributed by atoms with Gasteiger partial charge in [-0.05, 0) is 87.0 Å². The number of carbonyl (C=O) groups excluding carboxylic acids is 2. The zero-order valence-corrected chi connectivity index (χ0v) is 22.3. The van der Waals surface area contributed by atoms with Crippen LogP contribution in [0.25, 0.3) is 0 Å². The summed E-state index contributed by atoms with van der Waals surface area (Å²) < 4.78 is 27.8. The van der Waals surface area contributed by atoms with Crippen LogP contribution >= 0.6 is 0 Å². The van der Waals surface area contributed by atoms with Crippen molar-refractivity contribution in [3.63, 3.8) is 0 Å². The Morgan fingerprint density at radius 2 is 1.68 bits per heavy atom. The molecule has 2 aromatic carbocycles. The average molecular weight is 532 g/mol. The van der Waals surface area contributed by atoms with Crippen molar-refractivity contribution in [2.75, 3.05) is 19.6 Å². The Labute approximate surface area is 223 Å². The summed E-state index contributed by atoms with van der Waals surface area (Å²) in [5.74, 6) is -2.18. The Bertz CT molecular complexity index is 1090. The van der Waals surface area contributed by atoms with Gasteiger partial charge in [0.15, 0.2) is 0 Å². The smallest absolute Gasteiger partial charge is 0.253 e. The first-order valence-corrected chi connectivity index (χ1v) is 13.4. The first kappa shape index (κ1) is 29.7. The van der Waals surface area contributed by atoms with E-state index in [-0.39, 0.29) is 29.9 Å². The van der Waals surface area contributed by atoms with Gasteiger partial charge in [-0.25, -0.2) is 8.78 Å². The van der Waals surface area contributed by atoms with Gasteiger partial charge in [-0.1, -0.05) is 13.8 Å². The summed E-state index contributed by atoms with van der Waals surface area (Å²) in [4.78, 5) is 28.4. The number of aliphatic hydroxyl groups is 2. The first-order valence-electron chi connectivity index (χ1n) is 13.4. The third kappa shape index (κ3) is 8.06. The largest absolute Gasteiger partial charge is 0.393 e. The third-order valence-corrected chi connectivity index (χ3v) is 6.79. The fourth-order valence-corrected chi connectivity index (χ4v) is 5.04. The molecule has 0 aliphatic carbocycles. The number of benzene rings is 2. The molecule has 208 valence electrons. The molecule has 1 heterocycles. The van der Waals surface area contributed by atoms with Gasteiger partial charge in [0.2, 0.25) is 0 Å². The SMILES string of the molecule is CCCN(CCC)C(=O)c1cc(C)cc(C(=O)N[C@@H](Cc2cc(F)cc(F)c2)[C@H](O)[C@H]2C[C@@H](O)CCN2)c1. The van der Waals surface area contributed by atoms with E-state index in [1.807, 2.05) is 13.8 Å². The van der Waals surface area contributed by atoms with Crippen LogP contribution in [0, 0.1) is 18.6 Å². The Hall–Kier alpha value is -2.88. The van der Waals surface area contributed by atoms with Gasteiger partial charge in [0, 0.05) is 36.3 Å². The van der Waals surface area contributed by atoms with Crippen LogP contribution in [-0.4, -0.2) is 70.9 Å². The molecule has 2 amide bonds. The summed E-state index contributed by atoms with van der Waals surface area (Å²) in [6, 6.07) is 6.59. The molecule has 0 aromatic heterocycles. The molecular formula is C29H39F2N3O4. The van der Waals surface area contributed by atoms with Crippen molar-refractivity contribution in [3.8, 4) is 0 Å². The number of nitrogens with zero attached hydrogens (tertiary/aromatic N) is 1. The van der Waals surface area contributed by atoms with Crippen molar-refractivity contribution in [2.24, 2.45) is 0 Å². The topological polar surface area (TPSA) is 102 Å². The number of amides is 2. The molecule has 0 saturated carbocycles. The summed E-state index contributed by atoms with van der Waals surface area (Å²) in [6.45, 7) is 7.52. The molecule has 4 atom stereocenters. The molecule has 1 fully saturated rings. The molecule has 38 heavy (non-hydrogen) atoms. The second-order valence-electron chi connectivity index (χ2n) is 10.2. The second kappa shape index (κ2) is 13.8. The molecule has 7 nitrogen and oxygen atoms in total. The van der Waals surface area contributed by atoms with Crippen molar-refractivity contribution in [3.05, 3.63) is 70.3 Å². The van der Waals surface area contributed by atoms with E-state index in [0.29, 0.717) is 31.6 Å². The minimum absolute atomic E-state index is 0.0335. The zero-order chi connectivity index (χ0) is 27.8. The van der Waals surface area contributed by atoms with E-state index in [4.69, 9.17) is 0 Å². The molecule has 0 spiro atoms. The van der Waals surface area contributed by atoms with Crippen molar-refractivity contribution < 1.29 is 28.6 Å². The predicted octanol–water partition coefficient (Wildman–Crippen LogP) is 3.35. The van der Waals surface area contributed by atoms with Gasteiger partial charge in [-0.3, -0.25) is 9.59 Å². The Morgan fingerprint density at radius 1 is 1.05 bits per heavy atom. The van der Waals surface area contributed by atoms with E-state index in [1.165, 1.54) is 6.07 Å². The lowest BCUT2D eigenvalue weighted by Gasteiger charge is -2.35. The first-order chi connectivity index (χ1) is 18.1. The van der Waals surface area contributed by atoms with Crippen LogP contribution < -0.4 is 10.6 Å². The lowest BCUT2D eigenvalue weighted by atomic mass is 9.90. The summed E-state index contributed by atoms with van der Waals surface area (Å²) in [5.41, 5.74) is 1.66. The van der Waals surface area contributed by atoms with Gasteiger partial charge in [0.25, 0.3) is 11.8 Å². The standard InChI is InChI=1S/C29H39F2N3O4/c1-4-8-34(9-5-2)29(38)21-11-18(3)10-20(15-21)28(37)33-26(14-19-12-22(30)16-23(31)13-19)27(36)25-17-24(35)6-7-32-25/h10-13,15-16,24-27,32,35-36H,4-9,14,17H2,1-3H3,(H,33,37)/t24-,25+,26-,27+/m0/s1. The minimum Gasteiger partial charge on any atom is -0.393 e. The number of carbonyl (C=O) groups is 2. The number of nitrogens with one attached hydrogen (secondary N) is 2. The van der Waals surface area contributed by atoms with E-state index in [0.717, 1.165) is 36.6 Å². The second-order valence-corrected chi connectivity index (χ2v) is 10.2. The minimum atomic E-state index is -1.14. The fourth-order valence-electron chi connectivity index (χ4n) is 5.04. The zero-order valence-electron chi connectivity index (χ0n) is 22.3. The number of aryl methyl sites for hydroxylation is 1. The van der Waals surface area contributed by atoms with Crippen molar-refractivity contribution in [1.82, 2.24) is 15.5 Å². The number of halogens is 2. The van der Waals surface area contributed by atoms with Crippen LogP contribution in [-0.2, 0) is 6.42 Å². The van der Waals surface area contributed by atoms with Gasteiger partial charge < -0.3 is 25.7 Å². The van der Waals surface area contributed by atoms with Crippen LogP contribution in [0.15, 0.2) is 36.4 Å². The van der Waals surface area contributed by atoms with Crippen LogP contribution in [0.2, 0.25) is 0 Å². The third-order valence-electron chi connectivity index (χ3n) is 6.79. The highest BCUT2D eigenvalue weighted by molar-refractivity contribution is 6.00. The van der Waals surface area contributed by atoms with Crippen molar-refractivity contribution in [2.45, 2.75) is 77.2 Å². The van der Waals surface area contributed by atoms with Crippen LogP contribution in [0.4, 0.5) is 8.78 Å². The maximum absolute atomic E-state index is 13.9. The highest BCUT2D eigenvalue weighted by Gasteiger charge is 2.33. The highest BCUT2D eigenvalue weighted by Crippen LogP contribution is 2.19. The molecule has 0 bridgehead atoms. The summed E-state index contributed by atoms with van der Waals surface area (Å²) in [5, 5.41) is 27.3. The van der Waals surface area contributed by atoms with Crippen LogP contribution in [0.3, 0.4) is 0 Å². The predicted molar refractivity (Wildman–Crippen MR) is 142 cm³/mol. The van der Waals surface area contributed by atoms with Gasteiger partial charge in [0.05, 0.1) is 18.2 Å². The van der Waals surface area contributed by atoms with Gasteiger partial charge in [0.1, 0.15) is 11.6 Å². The number of piperidine rings is 1. The molecule has 2 aromatic rings. The Kier molecular flexibility index (Phi) is 10.8. The average Bonchev–Trinajstić information content (AvgIpc) is 2.86. The summed E-state index contributed by atoms with van der Waals surface area (Å²) >= 11 is 0. The maximum Gasteiger partial charge on any atom is 0.253 e. The molecule has 0 unspecified atom stereocenters. The molecule has 0 radical (unpaired) electrons. The van der Waals surface area contributed by atoms with Crippen LogP contribution in [0.1, 0.15) is 71.4 Å². The van der Waals surface area contributed by atoms with Gasteiger partial charge in [-0.15, -0.1) is 0 Å².